The van der Waals surface area contributed by atoms with Gasteiger partial charge in [0, 0.05) is 17.7 Å². The number of amides is 2. The summed E-state index contributed by atoms with van der Waals surface area (Å²) in [6, 6.07) is 14.7. The second kappa shape index (κ2) is 8.80. The van der Waals surface area contributed by atoms with Gasteiger partial charge < -0.3 is 0 Å². The van der Waals surface area contributed by atoms with E-state index in [0.717, 1.165) is 27.9 Å². The van der Waals surface area contributed by atoms with Gasteiger partial charge in [-0.3, -0.25) is 25.1 Å². The predicted molar refractivity (Wildman–Crippen MR) is 116 cm³/mol. The fraction of sp³-hybridized carbons (Fsp3) is 0.0500. The number of nitro benzene ring substituents is 1. The molecule has 0 aliphatic carbocycles. The first-order chi connectivity index (χ1) is 13.8. The first kappa shape index (κ1) is 20.4. The Morgan fingerprint density at radius 3 is 2.45 bits per heavy atom. The lowest BCUT2D eigenvalue weighted by Crippen LogP contribution is -2.44. The Hall–Kier alpha value is -3.30. The fourth-order valence-electron chi connectivity index (χ4n) is 2.53. The Morgan fingerprint density at radius 1 is 1.17 bits per heavy atom. The van der Waals surface area contributed by atoms with Crippen molar-refractivity contribution in [1.82, 2.24) is 10.4 Å². The average molecular weight is 425 g/mol. The van der Waals surface area contributed by atoms with E-state index in [-0.39, 0.29) is 15.6 Å². The highest BCUT2D eigenvalue weighted by atomic mass is 32.2. The lowest BCUT2D eigenvalue weighted by Gasteiger charge is -2.15. The van der Waals surface area contributed by atoms with E-state index < -0.39 is 16.7 Å². The second-order valence-electron chi connectivity index (χ2n) is 6.06. The maximum atomic E-state index is 12.6. The molecule has 3 rings (SSSR count). The normalized spacial score (nSPS) is 15.7. The molecule has 29 heavy (non-hydrogen) atoms. The number of nitrogens with zero attached hydrogens (tertiary/aromatic N) is 2. The molecule has 7 nitrogen and oxygen atoms in total. The van der Waals surface area contributed by atoms with E-state index in [2.05, 4.69) is 5.43 Å². The molecule has 1 aliphatic rings. The van der Waals surface area contributed by atoms with Crippen molar-refractivity contribution in [2.24, 2.45) is 0 Å². The Balaban J connectivity index is 1.72. The molecule has 0 spiro atoms. The molecule has 0 bridgehead atoms. The van der Waals surface area contributed by atoms with Gasteiger partial charge in [-0.2, -0.15) is 5.01 Å². The van der Waals surface area contributed by atoms with E-state index in [0.29, 0.717) is 4.91 Å². The Kier molecular flexibility index (Phi) is 6.20. The molecule has 1 N–H and O–H groups in total. The standard InChI is InChI=1S/C20H15N3O4S2/c1-13(11-14-5-3-2-4-6-14)12-17-19(25)22(20(28)29-17)21-18(24)15-7-9-16(10-8-15)23(26)27/h2-12H,1H3,(H,21,24). The van der Waals surface area contributed by atoms with Gasteiger partial charge >= 0.3 is 0 Å². The number of allylic oxidation sites excluding steroid dienone is 2. The van der Waals surface area contributed by atoms with E-state index in [1.165, 1.54) is 24.3 Å². The Morgan fingerprint density at radius 2 is 1.83 bits per heavy atom. The number of rotatable bonds is 5. The van der Waals surface area contributed by atoms with Crippen LogP contribution in [0.4, 0.5) is 5.69 Å². The lowest BCUT2D eigenvalue weighted by atomic mass is 10.1. The molecule has 0 aromatic heterocycles. The van der Waals surface area contributed by atoms with Gasteiger partial charge in [-0.25, -0.2) is 0 Å². The molecule has 0 saturated carbocycles. The number of thiocarbonyl (C=S) groups is 1. The molecule has 1 saturated heterocycles. The number of non-ortho nitro benzene ring substituents is 1. The van der Waals surface area contributed by atoms with Crippen molar-refractivity contribution in [1.29, 1.82) is 0 Å². The molecule has 1 heterocycles. The van der Waals surface area contributed by atoms with Crippen molar-refractivity contribution in [3.05, 3.63) is 92.4 Å². The van der Waals surface area contributed by atoms with Gasteiger partial charge in [0.2, 0.25) is 0 Å². The van der Waals surface area contributed by atoms with Gasteiger partial charge in [0.25, 0.3) is 17.5 Å². The molecule has 2 amide bonds. The van der Waals surface area contributed by atoms with Crippen LogP contribution in [0.25, 0.3) is 6.08 Å². The van der Waals surface area contributed by atoms with Crippen LogP contribution in [0.5, 0.6) is 0 Å². The van der Waals surface area contributed by atoms with E-state index in [1.54, 1.807) is 6.08 Å². The molecule has 146 valence electrons. The molecule has 2 aromatic rings. The number of hydrogen-bond acceptors (Lipinski definition) is 6. The zero-order valence-corrected chi connectivity index (χ0v) is 16.8. The zero-order chi connectivity index (χ0) is 21.0. The topological polar surface area (TPSA) is 92.6 Å². The summed E-state index contributed by atoms with van der Waals surface area (Å²) in [6.07, 6.45) is 3.65. The summed E-state index contributed by atoms with van der Waals surface area (Å²) in [6.45, 7) is 1.87. The molecular formula is C20H15N3O4S2. The average Bonchev–Trinajstić information content (AvgIpc) is 2.96. The van der Waals surface area contributed by atoms with E-state index in [9.17, 15) is 19.7 Å². The maximum absolute atomic E-state index is 12.6. The van der Waals surface area contributed by atoms with Crippen LogP contribution in [0, 0.1) is 10.1 Å². The quantitative estimate of drug-likeness (QED) is 0.336. The van der Waals surface area contributed by atoms with Crippen molar-refractivity contribution in [2.75, 3.05) is 0 Å². The van der Waals surface area contributed by atoms with Gasteiger partial charge in [0.1, 0.15) is 0 Å². The Bertz CT molecular complexity index is 1050. The smallest absolute Gasteiger partial charge is 0.267 e. The Labute approximate surface area is 176 Å². The first-order valence-corrected chi connectivity index (χ1v) is 9.64. The van der Waals surface area contributed by atoms with Gasteiger partial charge in [0.15, 0.2) is 4.32 Å². The summed E-state index contributed by atoms with van der Waals surface area (Å²) in [4.78, 5) is 35.5. The minimum Gasteiger partial charge on any atom is -0.267 e. The molecule has 9 heteroatoms. The third-order valence-corrected chi connectivity index (χ3v) is 5.20. The summed E-state index contributed by atoms with van der Waals surface area (Å²) < 4.78 is 0.198. The van der Waals surface area contributed by atoms with Crippen LogP contribution in [0.1, 0.15) is 22.8 Å². The third-order valence-electron chi connectivity index (χ3n) is 3.90. The van der Waals surface area contributed by atoms with Gasteiger partial charge in [-0.05, 0) is 48.5 Å². The van der Waals surface area contributed by atoms with Crippen LogP contribution in [-0.4, -0.2) is 26.1 Å². The molecule has 1 fully saturated rings. The number of thioether (sulfide) groups is 1. The first-order valence-electron chi connectivity index (χ1n) is 8.42. The van der Waals surface area contributed by atoms with Crippen LogP contribution in [0.2, 0.25) is 0 Å². The zero-order valence-electron chi connectivity index (χ0n) is 15.2. The number of nitro groups is 1. The van der Waals surface area contributed by atoms with Gasteiger partial charge in [0.05, 0.1) is 9.83 Å². The lowest BCUT2D eigenvalue weighted by molar-refractivity contribution is -0.384. The molecular weight excluding hydrogens is 410 g/mol. The highest BCUT2D eigenvalue weighted by Gasteiger charge is 2.33. The van der Waals surface area contributed by atoms with Crippen LogP contribution in [0.3, 0.4) is 0 Å². The van der Waals surface area contributed by atoms with E-state index in [1.807, 2.05) is 43.3 Å². The third kappa shape index (κ3) is 4.95. The summed E-state index contributed by atoms with van der Waals surface area (Å²) in [5.74, 6) is -1.02. The molecule has 0 unspecified atom stereocenters. The maximum Gasteiger partial charge on any atom is 0.285 e. The van der Waals surface area contributed by atoms with Crippen LogP contribution in [-0.2, 0) is 4.79 Å². The fourth-order valence-corrected chi connectivity index (χ4v) is 3.75. The monoisotopic (exact) mass is 425 g/mol. The van der Waals surface area contributed by atoms with Crippen LogP contribution < -0.4 is 5.43 Å². The molecule has 1 aliphatic heterocycles. The number of benzene rings is 2. The number of carbonyl (C=O) groups is 2. The van der Waals surface area contributed by atoms with Crippen molar-refractivity contribution in [3.63, 3.8) is 0 Å². The highest BCUT2D eigenvalue weighted by Crippen LogP contribution is 2.31. The number of hydrogen-bond donors (Lipinski definition) is 1. The molecule has 2 aromatic carbocycles. The summed E-state index contributed by atoms with van der Waals surface area (Å²) in [5, 5.41) is 11.7. The van der Waals surface area contributed by atoms with Crippen molar-refractivity contribution in [2.45, 2.75) is 6.92 Å². The highest BCUT2D eigenvalue weighted by molar-refractivity contribution is 8.26. The number of carbonyl (C=O) groups excluding carboxylic acids is 2. The van der Waals surface area contributed by atoms with Crippen molar-refractivity contribution >= 4 is 51.9 Å². The number of hydrazine groups is 1. The minimum atomic E-state index is -0.589. The molecule has 0 radical (unpaired) electrons. The summed E-state index contributed by atoms with van der Waals surface area (Å²) in [5.41, 5.74) is 4.36. The number of nitrogens with one attached hydrogen (secondary N) is 1. The van der Waals surface area contributed by atoms with E-state index in [4.69, 9.17) is 12.2 Å². The predicted octanol–water partition coefficient (Wildman–Crippen LogP) is 4.09. The minimum absolute atomic E-state index is 0.129. The van der Waals surface area contributed by atoms with Crippen LogP contribution >= 0.6 is 24.0 Å². The SMILES string of the molecule is CC(=Cc1ccccc1)C=C1SC(=S)N(NC(=O)c2ccc([N+](=O)[O-])cc2)C1=O. The largest absolute Gasteiger partial charge is 0.285 e. The second-order valence-corrected chi connectivity index (χ2v) is 7.74. The van der Waals surface area contributed by atoms with Crippen LogP contribution in [0.15, 0.2) is 71.2 Å². The van der Waals surface area contributed by atoms with Gasteiger partial charge in [-0.1, -0.05) is 48.2 Å². The summed E-state index contributed by atoms with van der Waals surface area (Å²) in [7, 11) is 0. The van der Waals surface area contributed by atoms with Crippen molar-refractivity contribution < 1.29 is 14.5 Å². The molecule has 0 atom stereocenters. The van der Waals surface area contributed by atoms with Gasteiger partial charge in [-0.15, -0.1) is 0 Å². The summed E-state index contributed by atoms with van der Waals surface area (Å²) >= 11 is 6.29. The van der Waals surface area contributed by atoms with E-state index >= 15 is 0 Å². The van der Waals surface area contributed by atoms with Crippen molar-refractivity contribution in [3.8, 4) is 0 Å².